The molecule has 1 aliphatic carbocycles. The summed E-state index contributed by atoms with van der Waals surface area (Å²) in [5.74, 6) is -0.408. The van der Waals surface area contributed by atoms with Crippen molar-refractivity contribution >= 4 is 28.2 Å². The molecule has 5 nitrogen and oxygen atoms in total. The molecule has 0 aromatic carbocycles. The van der Waals surface area contributed by atoms with Crippen molar-refractivity contribution in [3.05, 3.63) is 22.4 Å². The van der Waals surface area contributed by atoms with Crippen LogP contribution in [0.25, 0.3) is 0 Å². The van der Waals surface area contributed by atoms with Crippen molar-refractivity contribution < 1.29 is 14.7 Å². The van der Waals surface area contributed by atoms with Gasteiger partial charge < -0.3 is 10.4 Å². The average Bonchev–Trinajstić information content (AvgIpc) is 2.61. The number of nitrogens with zero attached hydrogens (tertiary/aromatic N) is 1. The summed E-state index contributed by atoms with van der Waals surface area (Å²) >= 11 is 1.15. The number of Topliss-reactive ketones (excluding diaryl/α,β-unsaturated/α-hetero) is 1. The number of anilines is 1. The molecule has 1 amide bonds. The Kier molecular flexibility index (Phi) is 2.74. The van der Waals surface area contributed by atoms with Crippen LogP contribution in [0.2, 0.25) is 0 Å². The quantitative estimate of drug-likeness (QED) is 0.576. The summed E-state index contributed by atoms with van der Waals surface area (Å²) in [5.41, 5.74) is 1.09. The van der Waals surface area contributed by atoms with E-state index in [0.29, 0.717) is 34.1 Å². The summed E-state index contributed by atoms with van der Waals surface area (Å²) in [6.07, 6.45) is 1.96. The van der Waals surface area contributed by atoms with Gasteiger partial charge in [-0.25, -0.2) is 4.98 Å². The molecule has 1 heterocycles. The van der Waals surface area contributed by atoms with Gasteiger partial charge in [0.2, 0.25) is 11.7 Å². The summed E-state index contributed by atoms with van der Waals surface area (Å²) in [7, 11) is 0. The standard InChI is InChI=1S/C10H10N2O3S/c1-5(14)11-10-12-7-3-2-6(4-13)8(15)9(7)16-10/h4,13H,2-3H2,1H3,(H,11,12,14)/b6-4-. The molecular weight excluding hydrogens is 228 g/mol. The molecule has 6 heteroatoms. The summed E-state index contributed by atoms with van der Waals surface area (Å²) in [6.45, 7) is 1.39. The van der Waals surface area contributed by atoms with Crippen LogP contribution in [0, 0.1) is 0 Å². The lowest BCUT2D eigenvalue weighted by Crippen LogP contribution is -2.12. The van der Waals surface area contributed by atoms with E-state index in [1.54, 1.807) is 0 Å². The fourth-order valence-corrected chi connectivity index (χ4v) is 2.57. The van der Waals surface area contributed by atoms with Crippen LogP contribution in [0.5, 0.6) is 0 Å². The normalized spacial score (nSPS) is 17.3. The first kappa shape index (κ1) is 10.8. The number of ketones is 1. The van der Waals surface area contributed by atoms with Gasteiger partial charge in [-0.2, -0.15) is 0 Å². The number of aryl methyl sites for hydroxylation is 1. The van der Waals surface area contributed by atoms with Crippen LogP contribution in [0.1, 0.15) is 28.7 Å². The third-order valence-corrected chi connectivity index (χ3v) is 3.28. The Hall–Kier alpha value is -1.69. The first-order valence-electron chi connectivity index (χ1n) is 4.77. The number of amides is 1. The molecule has 1 aromatic heterocycles. The second-order valence-electron chi connectivity index (χ2n) is 3.46. The Balaban J connectivity index is 2.35. The minimum Gasteiger partial charge on any atom is -0.515 e. The zero-order chi connectivity index (χ0) is 11.7. The van der Waals surface area contributed by atoms with E-state index in [0.717, 1.165) is 17.6 Å². The third-order valence-electron chi connectivity index (χ3n) is 2.27. The van der Waals surface area contributed by atoms with Crippen LogP contribution in [0.15, 0.2) is 11.8 Å². The second-order valence-corrected chi connectivity index (χ2v) is 4.46. The van der Waals surface area contributed by atoms with Crippen molar-refractivity contribution in [1.82, 2.24) is 4.98 Å². The predicted molar refractivity (Wildman–Crippen MR) is 59.8 cm³/mol. The van der Waals surface area contributed by atoms with Crippen molar-refractivity contribution in [2.45, 2.75) is 19.8 Å². The molecule has 0 aliphatic heterocycles. The molecule has 0 bridgehead atoms. The highest BCUT2D eigenvalue weighted by atomic mass is 32.1. The molecule has 0 radical (unpaired) electrons. The molecule has 0 saturated carbocycles. The largest absolute Gasteiger partial charge is 0.515 e. The SMILES string of the molecule is CC(=O)Nc1nc2c(s1)C(=O)/C(=C\O)CC2. The topological polar surface area (TPSA) is 79.3 Å². The average molecular weight is 238 g/mol. The maximum atomic E-state index is 11.8. The monoisotopic (exact) mass is 238 g/mol. The first-order valence-corrected chi connectivity index (χ1v) is 5.58. The van der Waals surface area contributed by atoms with E-state index < -0.39 is 0 Å². The molecule has 0 atom stereocenters. The Morgan fingerprint density at radius 2 is 2.31 bits per heavy atom. The minimum atomic E-state index is -0.212. The van der Waals surface area contributed by atoms with Crippen LogP contribution in [0.3, 0.4) is 0 Å². The lowest BCUT2D eigenvalue weighted by Gasteiger charge is -2.09. The van der Waals surface area contributed by atoms with Gasteiger partial charge in [-0.15, -0.1) is 0 Å². The number of carbonyl (C=O) groups excluding carboxylic acids is 2. The van der Waals surface area contributed by atoms with E-state index in [2.05, 4.69) is 10.3 Å². The zero-order valence-corrected chi connectivity index (χ0v) is 9.43. The van der Waals surface area contributed by atoms with Crippen LogP contribution in [0.4, 0.5) is 5.13 Å². The Morgan fingerprint density at radius 3 is 2.94 bits per heavy atom. The molecule has 0 spiro atoms. The maximum absolute atomic E-state index is 11.8. The molecule has 1 aromatic rings. The van der Waals surface area contributed by atoms with Crippen LogP contribution in [-0.2, 0) is 11.2 Å². The van der Waals surface area contributed by atoms with Crippen molar-refractivity contribution in [2.24, 2.45) is 0 Å². The van der Waals surface area contributed by atoms with E-state index in [1.165, 1.54) is 6.92 Å². The number of aliphatic hydroxyl groups is 1. The van der Waals surface area contributed by atoms with E-state index in [4.69, 9.17) is 5.11 Å². The third kappa shape index (κ3) is 1.83. The number of aliphatic hydroxyl groups excluding tert-OH is 1. The fraction of sp³-hybridized carbons (Fsp3) is 0.300. The number of thiazole rings is 1. The van der Waals surface area contributed by atoms with E-state index in [1.807, 2.05) is 0 Å². The molecule has 1 aliphatic rings. The molecule has 2 N–H and O–H groups in total. The van der Waals surface area contributed by atoms with Crippen molar-refractivity contribution in [2.75, 3.05) is 5.32 Å². The Bertz CT molecular complexity index is 490. The van der Waals surface area contributed by atoms with Gasteiger partial charge in [-0.05, 0) is 12.8 Å². The Labute approximate surface area is 95.8 Å². The number of hydrogen-bond acceptors (Lipinski definition) is 5. The number of rotatable bonds is 1. The minimum absolute atomic E-state index is 0.196. The number of aromatic nitrogens is 1. The summed E-state index contributed by atoms with van der Waals surface area (Å²) < 4.78 is 0. The van der Waals surface area contributed by atoms with Crippen LogP contribution in [-0.4, -0.2) is 21.8 Å². The van der Waals surface area contributed by atoms with Gasteiger partial charge in [0.15, 0.2) is 5.13 Å². The van der Waals surface area contributed by atoms with Gasteiger partial charge >= 0.3 is 0 Å². The second kappa shape index (κ2) is 4.05. The van der Waals surface area contributed by atoms with E-state index in [-0.39, 0.29) is 11.7 Å². The van der Waals surface area contributed by atoms with Gasteiger partial charge in [-0.1, -0.05) is 11.3 Å². The van der Waals surface area contributed by atoms with Gasteiger partial charge in [0.05, 0.1) is 16.8 Å². The molecule has 0 fully saturated rings. The number of hydrogen-bond donors (Lipinski definition) is 2. The molecule has 0 unspecified atom stereocenters. The molecule has 0 saturated heterocycles. The highest BCUT2D eigenvalue weighted by molar-refractivity contribution is 7.18. The summed E-state index contributed by atoms with van der Waals surface area (Å²) in [4.78, 5) is 27.3. The van der Waals surface area contributed by atoms with Gasteiger partial charge in [0, 0.05) is 12.5 Å². The fourth-order valence-electron chi connectivity index (χ4n) is 1.54. The Morgan fingerprint density at radius 1 is 1.56 bits per heavy atom. The van der Waals surface area contributed by atoms with Crippen molar-refractivity contribution in [3.63, 3.8) is 0 Å². The summed E-state index contributed by atoms with van der Waals surface area (Å²) in [6, 6.07) is 0. The lowest BCUT2D eigenvalue weighted by molar-refractivity contribution is -0.114. The predicted octanol–water partition coefficient (Wildman–Crippen LogP) is 1.67. The van der Waals surface area contributed by atoms with Crippen molar-refractivity contribution in [3.8, 4) is 0 Å². The van der Waals surface area contributed by atoms with Gasteiger partial charge in [0.25, 0.3) is 0 Å². The number of carbonyl (C=O) groups is 2. The van der Waals surface area contributed by atoms with Crippen LogP contribution >= 0.6 is 11.3 Å². The highest BCUT2D eigenvalue weighted by Crippen LogP contribution is 2.31. The first-order chi connectivity index (χ1) is 7.61. The zero-order valence-electron chi connectivity index (χ0n) is 8.61. The number of fused-ring (bicyclic) bond motifs is 1. The smallest absolute Gasteiger partial charge is 0.223 e. The van der Waals surface area contributed by atoms with E-state index >= 15 is 0 Å². The van der Waals surface area contributed by atoms with E-state index in [9.17, 15) is 9.59 Å². The highest BCUT2D eigenvalue weighted by Gasteiger charge is 2.26. The molecular formula is C10H10N2O3S. The van der Waals surface area contributed by atoms with Gasteiger partial charge in [0.1, 0.15) is 0 Å². The van der Waals surface area contributed by atoms with Crippen molar-refractivity contribution in [1.29, 1.82) is 0 Å². The summed E-state index contributed by atoms with van der Waals surface area (Å²) in [5, 5.41) is 11.9. The number of allylic oxidation sites excluding steroid dienone is 1. The molecule has 16 heavy (non-hydrogen) atoms. The molecule has 84 valence electrons. The maximum Gasteiger partial charge on any atom is 0.223 e. The molecule has 2 rings (SSSR count). The number of nitrogens with one attached hydrogen (secondary N) is 1. The van der Waals surface area contributed by atoms with Gasteiger partial charge in [-0.3, -0.25) is 9.59 Å². The lowest BCUT2D eigenvalue weighted by atomic mass is 9.97. The van der Waals surface area contributed by atoms with Crippen LogP contribution < -0.4 is 5.32 Å².